The zero-order valence-corrected chi connectivity index (χ0v) is 35.1. The summed E-state index contributed by atoms with van der Waals surface area (Å²) >= 11 is 0. The Labute approximate surface area is 373 Å². The minimum absolute atomic E-state index is 0.849. The third-order valence-corrected chi connectivity index (χ3v) is 13.4. The zero-order valence-electron chi connectivity index (χ0n) is 35.1. The van der Waals surface area contributed by atoms with Crippen LogP contribution >= 0.6 is 0 Å². The standard InChI is InChI=1S/C61H37N3O/c1-2-17-38(18-3-1)58-59-48-25-4-10-27-51(48)62-61(50(59)37-57-60(58)49-26-9-15-32-56(49)65-57)40-20-16-19-39(33-40)41-34-42(63-52-28-11-5-21-44(52)45-22-6-12-29-53(45)63)36-43(35-41)64-54-30-13-7-23-46(54)47-24-8-14-31-55(47)64/h1-37H. The fourth-order valence-corrected chi connectivity index (χ4v) is 10.7. The summed E-state index contributed by atoms with van der Waals surface area (Å²) in [7, 11) is 0. The molecule has 0 N–H and O–H groups in total. The lowest BCUT2D eigenvalue weighted by atomic mass is 9.89. The highest BCUT2D eigenvalue weighted by atomic mass is 16.3. The molecule has 0 saturated heterocycles. The molecule has 65 heavy (non-hydrogen) atoms. The highest BCUT2D eigenvalue weighted by Gasteiger charge is 2.23. The van der Waals surface area contributed by atoms with Gasteiger partial charge in [-0.3, -0.25) is 0 Å². The number of para-hydroxylation sites is 6. The summed E-state index contributed by atoms with van der Waals surface area (Å²) in [4.78, 5) is 5.51. The molecule has 0 aliphatic rings. The molecule has 14 aromatic rings. The van der Waals surface area contributed by atoms with Crippen LogP contribution in [0.3, 0.4) is 0 Å². The summed E-state index contributed by atoms with van der Waals surface area (Å²) in [6, 6.07) is 80.9. The molecule has 0 aliphatic heterocycles. The molecule has 10 aromatic carbocycles. The van der Waals surface area contributed by atoms with Crippen LogP contribution in [0.15, 0.2) is 229 Å². The Morgan fingerprint density at radius 2 is 0.800 bits per heavy atom. The molecule has 4 heteroatoms. The first-order chi connectivity index (χ1) is 32.2. The Kier molecular flexibility index (Phi) is 7.65. The number of benzene rings is 10. The van der Waals surface area contributed by atoms with Crippen molar-refractivity contribution < 1.29 is 4.42 Å². The minimum Gasteiger partial charge on any atom is -0.456 e. The Bertz CT molecular complexity index is 4010. The Hall–Kier alpha value is -8.73. The molecular weight excluding hydrogens is 791 g/mol. The van der Waals surface area contributed by atoms with Crippen molar-refractivity contribution in [2.75, 3.05) is 0 Å². The van der Waals surface area contributed by atoms with E-state index in [4.69, 9.17) is 9.40 Å². The molecule has 0 bridgehead atoms. The van der Waals surface area contributed by atoms with Gasteiger partial charge in [0.2, 0.25) is 0 Å². The lowest BCUT2D eigenvalue weighted by Crippen LogP contribution is -2.00. The van der Waals surface area contributed by atoms with Crippen molar-refractivity contribution in [1.29, 1.82) is 0 Å². The van der Waals surface area contributed by atoms with Gasteiger partial charge in [0.1, 0.15) is 11.2 Å². The summed E-state index contributed by atoms with van der Waals surface area (Å²) in [5.41, 5.74) is 16.0. The van der Waals surface area contributed by atoms with E-state index in [1.807, 2.05) is 6.07 Å². The van der Waals surface area contributed by atoms with Gasteiger partial charge in [-0.1, -0.05) is 158 Å². The van der Waals surface area contributed by atoms with Gasteiger partial charge in [-0.2, -0.15) is 0 Å². The Balaban J connectivity index is 1.06. The quantitative estimate of drug-likeness (QED) is 0.162. The summed E-state index contributed by atoms with van der Waals surface area (Å²) in [6.07, 6.45) is 0. The molecular formula is C61H37N3O. The molecule has 0 atom stereocenters. The minimum atomic E-state index is 0.849. The second-order valence-corrected chi connectivity index (χ2v) is 17.0. The van der Waals surface area contributed by atoms with Crippen LogP contribution in [-0.2, 0) is 0 Å². The van der Waals surface area contributed by atoms with E-state index in [0.29, 0.717) is 0 Å². The van der Waals surface area contributed by atoms with Crippen molar-refractivity contribution in [2.45, 2.75) is 0 Å². The van der Waals surface area contributed by atoms with Gasteiger partial charge in [0.25, 0.3) is 0 Å². The van der Waals surface area contributed by atoms with E-state index in [-0.39, 0.29) is 0 Å². The molecule has 4 nitrogen and oxygen atoms in total. The molecule has 0 radical (unpaired) electrons. The average molecular weight is 828 g/mol. The molecule has 0 aliphatic carbocycles. The summed E-state index contributed by atoms with van der Waals surface area (Å²) in [6.45, 7) is 0. The van der Waals surface area contributed by atoms with Gasteiger partial charge in [0.05, 0.1) is 33.3 Å². The molecule has 0 spiro atoms. The van der Waals surface area contributed by atoms with Crippen molar-refractivity contribution in [2.24, 2.45) is 0 Å². The highest BCUT2D eigenvalue weighted by molar-refractivity contribution is 6.28. The Morgan fingerprint density at radius 1 is 0.308 bits per heavy atom. The number of rotatable bonds is 5. The zero-order chi connectivity index (χ0) is 42.6. The first-order valence-corrected chi connectivity index (χ1v) is 22.2. The smallest absolute Gasteiger partial charge is 0.136 e. The molecule has 0 saturated carbocycles. The van der Waals surface area contributed by atoms with Crippen LogP contribution in [0, 0.1) is 0 Å². The van der Waals surface area contributed by atoms with Gasteiger partial charge in [-0.15, -0.1) is 0 Å². The highest BCUT2D eigenvalue weighted by Crippen LogP contribution is 2.47. The van der Waals surface area contributed by atoms with Crippen LogP contribution in [-0.4, -0.2) is 14.1 Å². The third-order valence-electron chi connectivity index (χ3n) is 13.4. The van der Waals surface area contributed by atoms with E-state index in [2.05, 4.69) is 228 Å². The predicted octanol–water partition coefficient (Wildman–Crippen LogP) is 16.5. The number of hydrogen-bond acceptors (Lipinski definition) is 2. The molecule has 302 valence electrons. The van der Waals surface area contributed by atoms with Crippen molar-refractivity contribution >= 4 is 87.2 Å². The lowest BCUT2D eigenvalue weighted by molar-refractivity contribution is 0.669. The number of pyridine rings is 1. The van der Waals surface area contributed by atoms with Gasteiger partial charge in [-0.25, -0.2) is 4.98 Å². The maximum absolute atomic E-state index is 6.71. The van der Waals surface area contributed by atoms with Crippen LogP contribution in [0.25, 0.3) is 132 Å². The van der Waals surface area contributed by atoms with Gasteiger partial charge in [-0.05, 0) is 83.4 Å². The van der Waals surface area contributed by atoms with Crippen LogP contribution in [0.5, 0.6) is 0 Å². The van der Waals surface area contributed by atoms with E-state index in [1.54, 1.807) is 0 Å². The number of nitrogens with zero attached hydrogens (tertiary/aromatic N) is 3. The van der Waals surface area contributed by atoms with E-state index in [9.17, 15) is 0 Å². The van der Waals surface area contributed by atoms with Crippen LogP contribution in [0.1, 0.15) is 0 Å². The number of hydrogen-bond donors (Lipinski definition) is 0. The van der Waals surface area contributed by atoms with Crippen LogP contribution in [0.2, 0.25) is 0 Å². The molecule has 4 aromatic heterocycles. The van der Waals surface area contributed by atoms with E-state index in [1.165, 1.54) is 49.0 Å². The monoisotopic (exact) mass is 827 g/mol. The van der Waals surface area contributed by atoms with Crippen molar-refractivity contribution in [3.63, 3.8) is 0 Å². The molecule has 0 fully saturated rings. The average Bonchev–Trinajstić information content (AvgIpc) is 4.03. The fraction of sp³-hybridized carbons (Fsp3) is 0. The van der Waals surface area contributed by atoms with Gasteiger partial charge >= 0.3 is 0 Å². The summed E-state index contributed by atoms with van der Waals surface area (Å²) in [5, 5.41) is 10.5. The normalized spacial score (nSPS) is 12.0. The maximum Gasteiger partial charge on any atom is 0.136 e. The SMILES string of the molecule is c1ccc(-c2c3c(cc4c(-c5cccc(-c6cc(-n7c8ccccc8c8ccccc87)cc(-n7c8ccccc8c8ccccc87)c6)c5)nc5ccccc5c24)oc2ccccc23)cc1. The lowest BCUT2D eigenvalue weighted by Gasteiger charge is -2.17. The van der Waals surface area contributed by atoms with Crippen LogP contribution < -0.4 is 0 Å². The predicted molar refractivity (Wildman–Crippen MR) is 272 cm³/mol. The van der Waals surface area contributed by atoms with E-state index in [0.717, 1.165) is 83.1 Å². The number of aromatic nitrogens is 3. The fourth-order valence-electron chi connectivity index (χ4n) is 10.7. The molecule has 4 heterocycles. The second kappa shape index (κ2) is 13.9. The molecule has 0 amide bonds. The van der Waals surface area contributed by atoms with Crippen molar-refractivity contribution in [3.05, 3.63) is 224 Å². The topological polar surface area (TPSA) is 35.9 Å². The third kappa shape index (κ3) is 5.35. The largest absolute Gasteiger partial charge is 0.456 e. The maximum atomic E-state index is 6.71. The number of fused-ring (bicyclic) bond motifs is 12. The van der Waals surface area contributed by atoms with E-state index < -0.39 is 0 Å². The first kappa shape index (κ1) is 35.8. The van der Waals surface area contributed by atoms with E-state index >= 15 is 0 Å². The van der Waals surface area contributed by atoms with Crippen molar-refractivity contribution in [1.82, 2.24) is 14.1 Å². The summed E-state index contributed by atoms with van der Waals surface area (Å²) < 4.78 is 11.6. The first-order valence-electron chi connectivity index (χ1n) is 22.2. The second-order valence-electron chi connectivity index (χ2n) is 17.0. The Morgan fingerprint density at radius 3 is 1.42 bits per heavy atom. The van der Waals surface area contributed by atoms with Crippen molar-refractivity contribution in [3.8, 4) is 44.9 Å². The van der Waals surface area contributed by atoms with Gasteiger partial charge < -0.3 is 13.6 Å². The molecule has 14 rings (SSSR count). The van der Waals surface area contributed by atoms with Crippen LogP contribution in [0.4, 0.5) is 0 Å². The van der Waals surface area contributed by atoms with Gasteiger partial charge in [0, 0.05) is 71.0 Å². The molecule has 0 unspecified atom stereocenters. The number of furan rings is 1. The summed E-state index contributed by atoms with van der Waals surface area (Å²) in [5.74, 6) is 0. The van der Waals surface area contributed by atoms with Gasteiger partial charge in [0.15, 0.2) is 0 Å².